The maximum absolute atomic E-state index is 12.4. The van der Waals surface area contributed by atoms with Crippen LogP contribution >= 0.6 is 22.6 Å². The van der Waals surface area contributed by atoms with Gasteiger partial charge in [-0.2, -0.15) is 5.26 Å². The van der Waals surface area contributed by atoms with E-state index in [0.717, 1.165) is 3.57 Å². The van der Waals surface area contributed by atoms with Gasteiger partial charge in [0.2, 0.25) is 0 Å². The van der Waals surface area contributed by atoms with Crippen LogP contribution in [-0.4, -0.2) is 30.7 Å². The Morgan fingerprint density at radius 1 is 1.32 bits per heavy atom. The zero-order valence-corrected chi connectivity index (χ0v) is 17.3. The van der Waals surface area contributed by atoms with Gasteiger partial charge in [0.25, 0.3) is 5.91 Å². The number of carboxylic acid groups (broad SMARTS) is 1. The second kappa shape index (κ2) is 9.75. The Labute approximate surface area is 175 Å². The van der Waals surface area contributed by atoms with Crippen LogP contribution in [0.2, 0.25) is 0 Å². The lowest BCUT2D eigenvalue weighted by Gasteiger charge is -2.12. The van der Waals surface area contributed by atoms with E-state index in [0.29, 0.717) is 23.7 Å². The van der Waals surface area contributed by atoms with Gasteiger partial charge in [0, 0.05) is 5.69 Å². The van der Waals surface area contributed by atoms with Crippen LogP contribution in [0.15, 0.2) is 42.0 Å². The highest BCUT2D eigenvalue weighted by Gasteiger charge is 2.14. The molecule has 0 aliphatic carbocycles. The van der Waals surface area contributed by atoms with Gasteiger partial charge in [0.15, 0.2) is 11.5 Å². The molecule has 0 unspecified atom stereocenters. The molecule has 2 rings (SSSR count). The lowest BCUT2D eigenvalue weighted by Crippen LogP contribution is -2.14. The zero-order chi connectivity index (χ0) is 20.7. The summed E-state index contributed by atoms with van der Waals surface area (Å²) in [5, 5.41) is 21.0. The number of ether oxygens (including phenoxy) is 2. The quantitative estimate of drug-likeness (QED) is 0.345. The smallest absolute Gasteiger partial charge is 0.335 e. The molecule has 2 aromatic rings. The lowest BCUT2D eigenvalue weighted by molar-refractivity contribution is -0.112. The number of hydrogen-bond donors (Lipinski definition) is 2. The van der Waals surface area contributed by atoms with Gasteiger partial charge >= 0.3 is 5.97 Å². The Hall–Kier alpha value is -3.06. The Morgan fingerprint density at radius 3 is 2.68 bits per heavy atom. The molecule has 144 valence electrons. The number of nitriles is 1. The minimum absolute atomic E-state index is 0.0337. The highest BCUT2D eigenvalue weighted by molar-refractivity contribution is 14.1. The number of methoxy groups -OCH3 is 1. The summed E-state index contributed by atoms with van der Waals surface area (Å²) in [4.78, 5) is 23.5. The lowest BCUT2D eigenvalue weighted by atomic mass is 10.1. The summed E-state index contributed by atoms with van der Waals surface area (Å²) in [6, 6.07) is 11.1. The van der Waals surface area contributed by atoms with Crippen molar-refractivity contribution in [1.82, 2.24) is 0 Å². The second-order valence-electron chi connectivity index (χ2n) is 5.48. The van der Waals surface area contributed by atoms with Gasteiger partial charge in [-0.1, -0.05) is 6.07 Å². The highest BCUT2D eigenvalue weighted by atomic mass is 127. The molecule has 1 amide bonds. The number of aromatic carboxylic acids is 1. The Balaban J connectivity index is 2.33. The third-order valence-corrected chi connectivity index (χ3v) is 4.38. The van der Waals surface area contributed by atoms with Crippen molar-refractivity contribution in [3.63, 3.8) is 0 Å². The third kappa shape index (κ3) is 5.23. The molecule has 0 heterocycles. The monoisotopic (exact) mass is 492 g/mol. The first kappa shape index (κ1) is 21.2. The first-order valence-electron chi connectivity index (χ1n) is 8.16. The van der Waals surface area contributed by atoms with E-state index in [1.165, 1.54) is 31.4 Å². The molecule has 0 aliphatic heterocycles. The van der Waals surface area contributed by atoms with Gasteiger partial charge in [0.05, 0.1) is 22.9 Å². The number of rotatable bonds is 7. The number of carboxylic acids is 1. The maximum atomic E-state index is 12.4. The van der Waals surface area contributed by atoms with Gasteiger partial charge in [-0.3, -0.25) is 4.79 Å². The fraction of sp³-hybridized carbons (Fsp3) is 0.150. The first-order chi connectivity index (χ1) is 13.4. The minimum Gasteiger partial charge on any atom is -0.492 e. The summed E-state index contributed by atoms with van der Waals surface area (Å²) in [6.45, 7) is 2.28. The highest BCUT2D eigenvalue weighted by Crippen LogP contribution is 2.34. The molecule has 0 fully saturated rings. The third-order valence-electron chi connectivity index (χ3n) is 3.58. The molecular weight excluding hydrogens is 475 g/mol. The van der Waals surface area contributed by atoms with E-state index in [1.54, 1.807) is 18.2 Å². The van der Waals surface area contributed by atoms with E-state index in [1.807, 2.05) is 13.0 Å². The number of benzene rings is 2. The Morgan fingerprint density at radius 2 is 2.07 bits per heavy atom. The number of hydrogen-bond acceptors (Lipinski definition) is 5. The van der Waals surface area contributed by atoms with E-state index in [9.17, 15) is 14.9 Å². The van der Waals surface area contributed by atoms with Gasteiger partial charge in [-0.25, -0.2) is 4.79 Å². The van der Waals surface area contributed by atoms with E-state index in [2.05, 4.69) is 27.9 Å². The molecule has 2 N–H and O–H groups in total. The van der Waals surface area contributed by atoms with E-state index in [4.69, 9.17) is 14.6 Å². The molecule has 0 aliphatic rings. The number of nitrogens with one attached hydrogen (secondary N) is 1. The van der Waals surface area contributed by atoms with Crippen LogP contribution in [0.1, 0.15) is 22.8 Å². The molecule has 0 atom stereocenters. The molecule has 0 aromatic heterocycles. The number of carbonyl (C=O) groups is 2. The molecule has 28 heavy (non-hydrogen) atoms. The predicted octanol–water partition coefficient (Wildman–Crippen LogP) is 3.94. The van der Waals surface area contributed by atoms with E-state index in [-0.39, 0.29) is 16.8 Å². The molecule has 0 radical (unpaired) electrons. The number of anilines is 1. The largest absolute Gasteiger partial charge is 0.492 e. The molecular formula is C20H17IN2O5. The summed E-state index contributed by atoms with van der Waals surface area (Å²) in [7, 11) is 1.54. The maximum Gasteiger partial charge on any atom is 0.335 e. The van der Waals surface area contributed by atoms with E-state index >= 15 is 0 Å². The Bertz CT molecular complexity index is 979. The van der Waals surface area contributed by atoms with Crippen LogP contribution in [0.4, 0.5) is 5.69 Å². The van der Waals surface area contributed by atoms with Crippen molar-refractivity contribution in [3.05, 3.63) is 56.7 Å². The second-order valence-corrected chi connectivity index (χ2v) is 6.64. The van der Waals surface area contributed by atoms with Crippen LogP contribution in [-0.2, 0) is 4.79 Å². The minimum atomic E-state index is -1.11. The predicted molar refractivity (Wildman–Crippen MR) is 113 cm³/mol. The van der Waals surface area contributed by atoms with Crippen molar-refractivity contribution in [2.24, 2.45) is 0 Å². The average Bonchev–Trinajstić information content (AvgIpc) is 2.66. The van der Waals surface area contributed by atoms with Crippen LogP contribution in [0.25, 0.3) is 6.08 Å². The number of nitrogens with zero attached hydrogens (tertiary/aromatic N) is 1. The van der Waals surface area contributed by atoms with Crippen molar-refractivity contribution in [2.75, 3.05) is 19.0 Å². The van der Waals surface area contributed by atoms with Crippen LogP contribution in [0.3, 0.4) is 0 Å². The fourth-order valence-electron chi connectivity index (χ4n) is 2.38. The molecule has 0 saturated carbocycles. The fourth-order valence-corrected chi connectivity index (χ4v) is 3.22. The number of amides is 1. The standard InChI is InChI=1S/C20H17IN2O5/c1-3-28-17-9-12(8-16(21)18(17)27-2)7-14(11-22)19(24)23-15-6-4-5-13(10-15)20(25)26/h4-10H,3H2,1-2H3,(H,23,24)(H,25,26)/b14-7-. The van der Waals surface area contributed by atoms with Crippen molar-refractivity contribution in [2.45, 2.75) is 6.92 Å². The molecule has 7 nitrogen and oxygen atoms in total. The summed E-state index contributed by atoms with van der Waals surface area (Å²) in [6.07, 6.45) is 1.43. The zero-order valence-electron chi connectivity index (χ0n) is 15.2. The SMILES string of the molecule is CCOc1cc(/C=C(/C#N)C(=O)Nc2cccc(C(=O)O)c2)cc(I)c1OC. The topological polar surface area (TPSA) is 109 Å². The summed E-state index contributed by atoms with van der Waals surface area (Å²) >= 11 is 2.08. The van der Waals surface area contributed by atoms with Gasteiger partial charge < -0.3 is 19.9 Å². The van der Waals surface area contributed by atoms with Crippen molar-refractivity contribution >= 4 is 46.2 Å². The van der Waals surface area contributed by atoms with Gasteiger partial charge in [-0.15, -0.1) is 0 Å². The molecule has 0 spiro atoms. The summed E-state index contributed by atoms with van der Waals surface area (Å²) < 4.78 is 11.7. The molecule has 8 heteroatoms. The van der Waals surface area contributed by atoms with Crippen LogP contribution in [0, 0.1) is 14.9 Å². The van der Waals surface area contributed by atoms with Crippen molar-refractivity contribution in [1.29, 1.82) is 5.26 Å². The average molecular weight is 492 g/mol. The summed E-state index contributed by atoms with van der Waals surface area (Å²) in [5.74, 6) is -0.666. The first-order valence-corrected chi connectivity index (χ1v) is 9.24. The number of halogens is 1. The normalized spacial score (nSPS) is 10.7. The van der Waals surface area contributed by atoms with Crippen molar-refractivity contribution < 1.29 is 24.2 Å². The van der Waals surface area contributed by atoms with Crippen LogP contribution < -0.4 is 14.8 Å². The van der Waals surface area contributed by atoms with Gasteiger partial charge in [0.1, 0.15) is 11.6 Å². The van der Waals surface area contributed by atoms with Crippen LogP contribution in [0.5, 0.6) is 11.5 Å². The summed E-state index contributed by atoms with van der Waals surface area (Å²) in [5.41, 5.74) is 0.778. The Kier molecular flexibility index (Phi) is 7.40. The van der Waals surface area contributed by atoms with Crippen molar-refractivity contribution in [3.8, 4) is 17.6 Å². The molecule has 0 saturated heterocycles. The van der Waals surface area contributed by atoms with E-state index < -0.39 is 11.9 Å². The number of carbonyl (C=O) groups excluding carboxylic acids is 1. The van der Waals surface area contributed by atoms with Gasteiger partial charge in [-0.05, 0) is 71.5 Å². The molecule has 2 aromatic carbocycles. The molecule has 0 bridgehead atoms.